The fraction of sp³-hybridized carbons (Fsp3) is 1.00. The average molecular weight is 361 g/mol. The van der Waals surface area contributed by atoms with Crippen molar-refractivity contribution in [1.82, 2.24) is 0 Å². The first-order chi connectivity index (χ1) is 11.3. The molecule has 3 saturated carbocycles. The summed E-state index contributed by atoms with van der Waals surface area (Å²) >= 11 is 0. The highest BCUT2D eigenvalue weighted by molar-refractivity contribution is 5.11. The molecule has 25 heavy (non-hydrogen) atoms. The zero-order valence-electron chi connectivity index (χ0n) is 16.4. The lowest BCUT2D eigenvalue weighted by Crippen LogP contribution is -2.65. The van der Waals surface area contributed by atoms with E-state index in [0.717, 1.165) is 19.3 Å². The summed E-state index contributed by atoms with van der Waals surface area (Å²) in [5.74, 6) is 1.69. The van der Waals surface area contributed by atoms with E-state index in [1.807, 2.05) is 0 Å². The molecule has 0 saturated heterocycles. The van der Waals surface area contributed by atoms with E-state index in [9.17, 15) is 18.3 Å². The topological polar surface area (TPSA) is 20.2 Å². The summed E-state index contributed by atoms with van der Waals surface area (Å²) < 4.78 is 41.9. The number of hydrogen-bond acceptors (Lipinski definition) is 1. The molecule has 146 valence electrons. The van der Waals surface area contributed by atoms with Crippen LogP contribution in [0.25, 0.3) is 0 Å². The molecule has 2 bridgehead atoms. The van der Waals surface area contributed by atoms with Crippen molar-refractivity contribution in [2.45, 2.75) is 91.3 Å². The van der Waals surface area contributed by atoms with Gasteiger partial charge in [0.05, 0.1) is 0 Å². The van der Waals surface area contributed by atoms with Gasteiger partial charge in [-0.1, -0.05) is 41.0 Å². The van der Waals surface area contributed by atoms with E-state index in [-0.39, 0.29) is 23.7 Å². The van der Waals surface area contributed by atoms with E-state index < -0.39 is 17.2 Å². The first kappa shape index (κ1) is 19.5. The lowest BCUT2D eigenvalue weighted by atomic mass is 9.45. The maximum Gasteiger partial charge on any atom is 0.417 e. The normalized spacial score (nSPS) is 50.5. The predicted molar refractivity (Wildman–Crippen MR) is 94.0 cm³/mol. The summed E-state index contributed by atoms with van der Waals surface area (Å²) in [5.41, 5.74) is -3.41. The van der Waals surface area contributed by atoms with Crippen LogP contribution in [0.2, 0.25) is 0 Å². The minimum Gasteiger partial charge on any atom is -0.380 e. The van der Waals surface area contributed by atoms with Gasteiger partial charge in [0.2, 0.25) is 0 Å². The van der Waals surface area contributed by atoms with E-state index >= 15 is 0 Å². The fourth-order valence-corrected chi connectivity index (χ4v) is 7.12. The molecule has 3 rings (SSSR count). The van der Waals surface area contributed by atoms with Crippen LogP contribution in [0.5, 0.6) is 0 Å². The number of aliphatic hydroxyl groups is 1. The average Bonchev–Trinajstić information content (AvgIpc) is 2.47. The molecular formula is C21H35F3O. The Morgan fingerprint density at radius 1 is 0.840 bits per heavy atom. The summed E-state index contributed by atoms with van der Waals surface area (Å²) in [5, 5.41) is 10.9. The number of hydrogen-bond donors (Lipinski definition) is 1. The number of rotatable bonds is 0. The molecule has 0 aliphatic heterocycles. The van der Waals surface area contributed by atoms with Gasteiger partial charge >= 0.3 is 6.18 Å². The smallest absolute Gasteiger partial charge is 0.380 e. The Bertz CT molecular complexity index is 514. The third-order valence-corrected chi connectivity index (χ3v) is 9.06. The van der Waals surface area contributed by atoms with Crippen molar-refractivity contribution in [3.63, 3.8) is 0 Å². The molecule has 7 atom stereocenters. The molecule has 0 amide bonds. The maximum atomic E-state index is 14.0. The molecule has 3 aliphatic carbocycles. The third kappa shape index (κ3) is 2.68. The molecule has 0 radical (unpaired) electrons. The van der Waals surface area contributed by atoms with Gasteiger partial charge in [-0.25, -0.2) is 0 Å². The van der Waals surface area contributed by atoms with Crippen molar-refractivity contribution in [3.8, 4) is 0 Å². The van der Waals surface area contributed by atoms with Gasteiger partial charge in [-0.15, -0.1) is 0 Å². The summed E-state index contributed by atoms with van der Waals surface area (Å²) in [4.78, 5) is 0. The van der Waals surface area contributed by atoms with Gasteiger partial charge in [0, 0.05) is 5.41 Å². The van der Waals surface area contributed by atoms with Gasteiger partial charge in [0.1, 0.15) is 0 Å². The van der Waals surface area contributed by atoms with Crippen LogP contribution in [0.1, 0.15) is 79.6 Å². The van der Waals surface area contributed by atoms with Crippen molar-refractivity contribution in [1.29, 1.82) is 0 Å². The van der Waals surface area contributed by atoms with Crippen LogP contribution in [-0.4, -0.2) is 16.9 Å². The Balaban J connectivity index is 2.05. The van der Waals surface area contributed by atoms with Crippen LogP contribution in [-0.2, 0) is 0 Å². The molecule has 0 aromatic carbocycles. The van der Waals surface area contributed by atoms with Crippen molar-refractivity contribution in [3.05, 3.63) is 0 Å². The first-order valence-corrected chi connectivity index (χ1v) is 10.1. The minimum absolute atomic E-state index is 0.0495. The van der Waals surface area contributed by atoms with E-state index in [0.29, 0.717) is 30.6 Å². The van der Waals surface area contributed by atoms with Gasteiger partial charge in [0.25, 0.3) is 0 Å². The molecule has 0 aromatic heterocycles. The summed E-state index contributed by atoms with van der Waals surface area (Å²) in [6.45, 7) is 10.8. The molecule has 4 heteroatoms. The quantitative estimate of drug-likeness (QED) is 0.545. The van der Waals surface area contributed by atoms with Crippen LogP contribution >= 0.6 is 0 Å². The SMILES string of the molecule is C[C@@H]1CCC(O)(C(F)(F)F)[C@@]2(C)CC[C@H]3[C@H](C)CC[C@@H](C[C@H]12)C3(C)C. The zero-order chi connectivity index (χ0) is 18.8. The second-order valence-corrected chi connectivity index (χ2v) is 10.4. The predicted octanol–water partition coefficient (Wildman–Crippen LogP) is 6.20. The zero-order valence-corrected chi connectivity index (χ0v) is 16.4. The van der Waals surface area contributed by atoms with Gasteiger partial charge < -0.3 is 5.11 Å². The van der Waals surface area contributed by atoms with Crippen molar-refractivity contribution >= 4 is 0 Å². The van der Waals surface area contributed by atoms with Crippen LogP contribution < -0.4 is 0 Å². The van der Waals surface area contributed by atoms with Crippen LogP contribution in [0.15, 0.2) is 0 Å². The number of halogens is 3. The van der Waals surface area contributed by atoms with Crippen molar-refractivity contribution in [2.75, 3.05) is 0 Å². The second-order valence-electron chi connectivity index (χ2n) is 10.4. The Morgan fingerprint density at radius 2 is 1.44 bits per heavy atom. The Hall–Kier alpha value is -0.250. The second kappa shape index (κ2) is 5.87. The van der Waals surface area contributed by atoms with Gasteiger partial charge in [0.15, 0.2) is 5.60 Å². The highest BCUT2D eigenvalue weighted by Gasteiger charge is 2.69. The molecule has 0 aromatic rings. The summed E-state index contributed by atoms with van der Waals surface area (Å²) in [6.07, 6.45) is 0.241. The van der Waals surface area contributed by atoms with Crippen LogP contribution in [0.3, 0.4) is 0 Å². The van der Waals surface area contributed by atoms with E-state index in [1.54, 1.807) is 6.92 Å². The van der Waals surface area contributed by atoms with E-state index in [2.05, 4.69) is 27.7 Å². The molecule has 1 N–H and O–H groups in total. The third-order valence-electron chi connectivity index (χ3n) is 9.06. The number of fused-ring (bicyclic) bond motifs is 3. The highest BCUT2D eigenvalue weighted by atomic mass is 19.4. The molecule has 3 fully saturated rings. The Kier molecular flexibility index (Phi) is 4.58. The maximum absolute atomic E-state index is 14.0. The standard InChI is InChI=1S/C21H35F3O/c1-13-6-7-15-12-17-14(2)8-11-20(25,21(22,23)24)19(17,5)10-9-16(13)18(15,3)4/h13-17,25H,6-12H2,1-5H3/t13-,14-,15+,16+,17-,19+,20?/m1/s1. The van der Waals surface area contributed by atoms with Gasteiger partial charge in [-0.2, -0.15) is 13.2 Å². The van der Waals surface area contributed by atoms with Crippen molar-refractivity contribution < 1.29 is 18.3 Å². The van der Waals surface area contributed by atoms with Crippen LogP contribution in [0, 0.1) is 40.4 Å². The molecular weight excluding hydrogens is 325 g/mol. The monoisotopic (exact) mass is 360 g/mol. The molecule has 0 spiro atoms. The van der Waals surface area contributed by atoms with Crippen LogP contribution in [0.4, 0.5) is 13.2 Å². The molecule has 1 nitrogen and oxygen atoms in total. The first-order valence-electron chi connectivity index (χ1n) is 10.1. The molecule has 0 heterocycles. The van der Waals surface area contributed by atoms with Crippen molar-refractivity contribution in [2.24, 2.45) is 40.4 Å². The molecule has 1 unspecified atom stereocenters. The van der Waals surface area contributed by atoms with Gasteiger partial charge in [-0.05, 0) is 73.5 Å². The van der Waals surface area contributed by atoms with E-state index in [1.165, 1.54) is 6.42 Å². The molecule has 3 aliphatic rings. The van der Waals surface area contributed by atoms with Gasteiger partial charge in [-0.3, -0.25) is 0 Å². The Labute approximate surface area is 150 Å². The van der Waals surface area contributed by atoms with E-state index in [4.69, 9.17) is 0 Å². The lowest BCUT2D eigenvalue weighted by molar-refractivity contribution is -0.330. The largest absolute Gasteiger partial charge is 0.417 e. The Morgan fingerprint density at radius 3 is 2.04 bits per heavy atom. The highest BCUT2D eigenvalue weighted by Crippen LogP contribution is 2.65. The summed E-state index contributed by atoms with van der Waals surface area (Å²) in [6, 6.07) is 0. The lowest BCUT2D eigenvalue weighted by Gasteiger charge is -2.61. The summed E-state index contributed by atoms with van der Waals surface area (Å²) in [7, 11) is 0. The minimum atomic E-state index is -4.55. The fourth-order valence-electron chi connectivity index (χ4n) is 7.12. The number of alkyl halides is 3.